The highest BCUT2D eigenvalue weighted by atomic mass is 79.9. The molecule has 0 saturated carbocycles. The van der Waals surface area contributed by atoms with E-state index >= 15 is 0 Å². The van der Waals surface area contributed by atoms with Crippen LogP contribution in [-0.2, 0) is 0 Å². The Kier molecular flexibility index (Phi) is 9.51. The molecular formula is C25H32BrN3O2S. The minimum Gasteiger partial charge on any atom is -0.494 e. The molecule has 1 heterocycles. The molecule has 1 amide bonds. The fraction of sp³-hybridized carbons (Fsp3) is 0.440. The van der Waals surface area contributed by atoms with Gasteiger partial charge in [-0.2, -0.15) is 0 Å². The summed E-state index contributed by atoms with van der Waals surface area (Å²) in [4.78, 5) is 22.4. The molecule has 0 aliphatic carbocycles. The van der Waals surface area contributed by atoms with Gasteiger partial charge in [-0.05, 0) is 62.0 Å². The Labute approximate surface area is 203 Å². The molecule has 0 radical (unpaired) electrons. The number of carbonyl (C=O) groups is 1. The highest BCUT2D eigenvalue weighted by Gasteiger charge is 2.22. The molecule has 0 fully saturated rings. The first-order chi connectivity index (χ1) is 15.5. The summed E-state index contributed by atoms with van der Waals surface area (Å²) in [6, 6.07) is 13.5. The number of ether oxygens (including phenoxy) is 1. The second kappa shape index (κ2) is 12.3. The normalized spacial score (nSPS) is 11.3. The molecule has 0 N–H and O–H groups in total. The predicted octanol–water partition coefficient (Wildman–Crippen LogP) is 6.62. The van der Waals surface area contributed by atoms with Gasteiger partial charge in [0, 0.05) is 23.1 Å². The number of aromatic nitrogens is 1. The minimum atomic E-state index is -0.0344. The molecule has 2 aromatic carbocycles. The predicted molar refractivity (Wildman–Crippen MR) is 138 cm³/mol. The van der Waals surface area contributed by atoms with Crippen LogP contribution in [0.4, 0.5) is 5.13 Å². The number of fused-ring (bicyclic) bond motifs is 1. The van der Waals surface area contributed by atoms with Crippen molar-refractivity contribution < 1.29 is 9.53 Å². The van der Waals surface area contributed by atoms with E-state index in [0.29, 0.717) is 18.7 Å². The number of nitrogens with zero attached hydrogens (tertiary/aromatic N) is 3. The third-order valence-electron chi connectivity index (χ3n) is 5.47. The lowest BCUT2D eigenvalue weighted by molar-refractivity contribution is 0.0983. The quantitative estimate of drug-likeness (QED) is 0.253. The molecule has 172 valence electrons. The van der Waals surface area contributed by atoms with E-state index in [1.165, 1.54) is 6.42 Å². The molecule has 32 heavy (non-hydrogen) atoms. The summed E-state index contributed by atoms with van der Waals surface area (Å²) >= 11 is 5.07. The van der Waals surface area contributed by atoms with Crippen LogP contribution in [0.5, 0.6) is 5.75 Å². The van der Waals surface area contributed by atoms with Crippen LogP contribution in [0.2, 0.25) is 0 Å². The van der Waals surface area contributed by atoms with Gasteiger partial charge in [0.05, 0.1) is 16.8 Å². The van der Waals surface area contributed by atoms with Crippen LogP contribution in [0.3, 0.4) is 0 Å². The molecule has 0 unspecified atom stereocenters. The summed E-state index contributed by atoms with van der Waals surface area (Å²) in [6.07, 6.45) is 3.38. The van der Waals surface area contributed by atoms with E-state index in [2.05, 4.69) is 41.6 Å². The highest BCUT2D eigenvalue weighted by molar-refractivity contribution is 9.10. The Morgan fingerprint density at radius 3 is 2.47 bits per heavy atom. The number of anilines is 1. The molecule has 0 aliphatic rings. The van der Waals surface area contributed by atoms with Crippen molar-refractivity contribution in [2.75, 3.05) is 37.7 Å². The first-order valence-electron chi connectivity index (χ1n) is 11.4. The number of thiazole rings is 1. The highest BCUT2D eigenvalue weighted by Crippen LogP contribution is 2.31. The molecule has 7 heteroatoms. The lowest BCUT2D eigenvalue weighted by Gasteiger charge is -2.24. The number of carbonyl (C=O) groups excluding carboxylic acids is 1. The second-order valence-corrected chi connectivity index (χ2v) is 9.60. The SMILES string of the molecule is CCCCCOc1ccc(C(=O)N(CCN(CC)CC)c2nc3ccc(Br)cc3s2)cc1. The Hall–Kier alpha value is -1.96. The van der Waals surface area contributed by atoms with E-state index in [4.69, 9.17) is 9.72 Å². The van der Waals surface area contributed by atoms with Crippen LogP contribution in [0, 0.1) is 0 Å². The smallest absolute Gasteiger partial charge is 0.260 e. The van der Waals surface area contributed by atoms with Crippen LogP contribution >= 0.6 is 27.3 Å². The maximum Gasteiger partial charge on any atom is 0.260 e. The maximum atomic E-state index is 13.5. The Balaban J connectivity index is 1.80. The van der Waals surface area contributed by atoms with Gasteiger partial charge in [-0.3, -0.25) is 9.69 Å². The summed E-state index contributed by atoms with van der Waals surface area (Å²) in [5, 5.41) is 0.732. The molecular weight excluding hydrogens is 486 g/mol. The Morgan fingerprint density at radius 2 is 1.78 bits per heavy atom. The number of rotatable bonds is 12. The summed E-state index contributed by atoms with van der Waals surface area (Å²) in [6.45, 7) is 10.5. The standard InChI is InChI=1S/C25H32BrN3O2S/c1-4-7-8-17-31-21-12-9-19(10-13-21)24(30)29(16-15-28(5-2)6-3)25-27-22-14-11-20(26)18-23(22)32-25/h9-14,18H,4-8,15-17H2,1-3H3. The number of likely N-dealkylation sites (N-methyl/N-ethyl adjacent to an activating group) is 1. The molecule has 5 nitrogen and oxygen atoms in total. The zero-order chi connectivity index (χ0) is 22.9. The zero-order valence-corrected chi connectivity index (χ0v) is 21.5. The van der Waals surface area contributed by atoms with Gasteiger partial charge in [0.25, 0.3) is 5.91 Å². The summed E-state index contributed by atoms with van der Waals surface area (Å²) in [5.41, 5.74) is 1.55. The third-order valence-corrected chi connectivity index (χ3v) is 7.00. The van der Waals surface area contributed by atoms with Crippen molar-refractivity contribution in [2.24, 2.45) is 0 Å². The molecule has 0 saturated heterocycles. The Bertz CT molecular complexity index is 1000. The van der Waals surface area contributed by atoms with Crippen LogP contribution in [-0.4, -0.2) is 48.6 Å². The average Bonchev–Trinajstić information content (AvgIpc) is 3.22. The van der Waals surface area contributed by atoms with E-state index in [0.717, 1.165) is 58.0 Å². The van der Waals surface area contributed by atoms with Crippen molar-refractivity contribution in [3.05, 3.63) is 52.5 Å². The number of halogens is 1. The molecule has 0 bridgehead atoms. The second-order valence-electron chi connectivity index (χ2n) is 7.67. The fourth-order valence-corrected chi connectivity index (χ4v) is 5.00. The molecule has 0 spiro atoms. The van der Waals surface area contributed by atoms with E-state index in [-0.39, 0.29) is 5.91 Å². The average molecular weight is 519 g/mol. The van der Waals surface area contributed by atoms with Crippen molar-refractivity contribution in [3.8, 4) is 5.75 Å². The van der Waals surface area contributed by atoms with E-state index < -0.39 is 0 Å². The molecule has 3 aromatic rings. The van der Waals surface area contributed by atoms with Gasteiger partial charge >= 0.3 is 0 Å². The van der Waals surface area contributed by atoms with Crippen LogP contribution in [0.25, 0.3) is 10.2 Å². The largest absolute Gasteiger partial charge is 0.494 e. The van der Waals surface area contributed by atoms with Gasteiger partial charge in [-0.15, -0.1) is 0 Å². The van der Waals surface area contributed by atoms with Crippen LogP contribution < -0.4 is 9.64 Å². The summed E-state index contributed by atoms with van der Waals surface area (Å²) < 4.78 is 7.87. The third kappa shape index (κ3) is 6.53. The van der Waals surface area contributed by atoms with Gasteiger partial charge < -0.3 is 9.64 Å². The number of amides is 1. The van der Waals surface area contributed by atoms with Crippen LogP contribution in [0.15, 0.2) is 46.9 Å². The van der Waals surface area contributed by atoms with Gasteiger partial charge in [-0.25, -0.2) is 4.98 Å². The van der Waals surface area contributed by atoms with Gasteiger partial charge in [0.2, 0.25) is 0 Å². The first-order valence-corrected chi connectivity index (χ1v) is 13.0. The van der Waals surface area contributed by atoms with Crippen molar-refractivity contribution in [1.82, 2.24) is 9.88 Å². The van der Waals surface area contributed by atoms with Crippen molar-refractivity contribution in [2.45, 2.75) is 40.0 Å². The van der Waals surface area contributed by atoms with E-state index in [1.807, 2.05) is 47.4 Å². The van der Waals surface area contributed by atoms with Crippen LogP contribution in [0.1, 0.15) is 50.4 Å². The maximum absolute atomic E-state index is 13.5. The van der Waals surface area contributed by atoms with Crippen molar-refractivity contribution >= 4 is 48.5 Å². The molecule has 0 atom stereocenters. The molecule has 0 aliphatic heterocycles. The number of unbranched alkanes of at least 4 members (excludes halogenated alkanes) is 2. The van der Waals surface area contributed by atoms with E-state index in [9.17, 15) is 4.79 Å². The molecule has 1 aromatic heterocycles. The lowest BCUT2D eigenvalue weighted by atomic mass is 10.2. The first kappa shape index (κ1) is 24.7. The molecule has 3 rings (SSSR count). The Morgan fingerprint density at radius 1 is 1.03 bits per heavy atom. The monoisotopic (exact) mass is 517 g/mol. The van der Waals surface area contributed by atoms with Gasteiger partial charge in [-0.1, -0.05) is 60.9 Å². The summed E-state index contributed by atoms with van der Waals surface area (Å²) in [5.74, 6) is 0.769. The summed E-state index contributed by atoms with van der Waals surface area (Å²) in [7, 11) is 0. The fourth-order valence-electron chi connectivity index (χ4n) is 3.46. The lowest BCUT2D eigenvalue weighted by Crippen LogP contribution is -2.38. The number of benzene rings is 2. The van der Waals surface area contributed by atoms with Gasteiger partial charge in [0.15, 0.2) is 5.13 Å². The zero-order valence-electron chi connectivity index (χ0n) is 19.1. The van der Waals surface area contributed by atoms with Crippen molar-refractivity contribution in [1.29, 1.82) is 0 Å². The van der Waals surface area contributed by atoms with Crippen molar-refractivity contribution in [3.63, 3.8) is 0 Å². The minimum absolute atomic E-state index is 0.0344. The van der Waals surface area contributed by atoms with E-state index in [1.54, 1.807) is 11.3 Å². The number of hydrogen-bond donors (Lipinski definition) is 0. The van der Waals surface area contributed by atoms with Gasteiger partial charge in [0.1, 0.15) is 5.75 Å². The number of hydrogen-bond acceptors (Lipinski definition) is 5. The topological polar surface area (TPSA) is 45.7 Å².